The molecule has 0 saturated carbocycles. The number of hydrogen-bond donors (Lipinski definition) is 1. The van der Waals surface area contributed by atoms with E-state index in [0.717, 1.165) is 36.6 Å². The van der Waals surface area contributed by atoms with Gasteiger partial charge in [0.2, 0.25) is 0 Å². The number of rotatable bonds is 7. The highest BCUT2D eigenvalue weighted by atomic mass is 16.5. The van der Waals surface area contributed by atoms with E-state index in [9.17, 15) is 5.11 Å². The van der Waals surface area contributed by atoms with E-state index >= 15 is 0 Å². The van der Waals surface area contributed by atoms with Crippen LogP contribution in [0.15, 0.2) is 18.2 Å². The summed E-state index contributed by atoms with van der Waals surface area (Å²) < 4.78 is 11.1. The van der Waals surface area contributed by atoms with Crippen molar-refractivity contribution in [2.45, 2.75) is 32.8 Å². The summed E-state index contributed by atoms with van der Waals surface area (Å²) in [7, 11) is 1.76. The van der Waals surface area contributed by atoms with Gasteiger partial charge in [0, 0.05) is 20.2 Å². The van der Waals surface area contributed by atoms with Gasteiger partial charge in [-0.25, -0.2) is 0 Å². The first-order chi connectivity index (χ1) is 10.6. The molecule has 1 fully saturated rings. The molecule has 22 heavy (non-hydrogen) atoms. The minimum absolute atomic E-state index is 0.344. The first-order valence-corrected chi connectivity index (χ1v) is 8.18. The fourth-order valence-corrected chi connectivity index (χ4v) is 3.25. The fraction of sp³-hybridized carbons (Fsp3) is 0.667. The number of aliphatic hydroxyl groups is 1. The zero-order valence-corrected chi connectivity index (χ0v) is 14.0. The van der Waals surface area contributed by atoms with E-state index in [0.29, 0.717) is 19.1 Å². The number of ether oxygens (including phenoxy) is 2. The molecule has 1 N–H and O–H groups in total. The lowest BCUT2D eigenvalue weighted by Crippen LogP contribution is -2.42. The Morgan fingerprint density at radius 2 is 2.05 bits per heavy atom. The number of para-hydroxylation sites is 1. The highest BCUT2D eigenvalue weighted by molar-refractivity contribution is 5.39. The number of aliphatic hydroxyl groups excluding tert-OH is 1. The number of piperidine rings is 1. The number of nitrogens with zero attached hydrogens (tertiary/aromatic N) is 1. The first-order valence-electron chi connectivity index (χ1n) is 8.18. The molecule has 0 spiro atoms. The van der Waals surface area contributed by atoms with Gasteiger partial charge in [0.25, 0.3) is 0 Å². The molecule has 1 aliphatic rings. The minimum Gasteiger partial charge on any atom is -0.490 e. The van der Waals surface area contributed by atoms with Gasteiger partial charge in [0.1, 0.15) is 18.5 Å². The topological polar surface area (TPSA) is 41.9 Å². The van der Waals surface area contributed by atoms with Crippen molar-refractivity contribution in [3.63, 3.8) is 0 Å². The van der Waals surface area contributed by atoms with Crippen molar-refractivity contribution in [3.8, 4) is 5.75 Å². The molecule has 2 rings (SSSR count). The Morgan fingerprint density at radius 3 is 2.73 bits per heavy atom. The van der Waals surface area contributed by atoms with Crippen LogP contribution >= 0.6 is 0 Å². The normalized spacial score (nSPS) is 20.8. The van der Waals surface area contributed by atoms with Gasteiger partial charge < -0.3 is 19.5 Å². The van der Waals surface area contributed by atoms with Crippen LogP contribution in [0.5, 0.6) is 5.75 Å². The quantitative estimate of drug-likeness (QED) is 0.840. The van der Waals surface area contributed by atoms with E-state index in [1.807, 2.05) is 32.0 Å². The van der Waals surface area contributed by atoms with Gasteiger partial charge >= 0.3 is 0 Å². The summed E-state index contributed by atoms with van der Waals surface area (Å²) >= 11 is 0. The van der Waals surface area contributed by atoms with Crippen molar-refractivity contribution < 1.29 is 14.6 Å². The van der Waals surface area contributed by atoms with E-state index in [-0.39, 0.29) is 0 Å². The molecule has 2 unspecified atom stereocenters. The lowest BCUT2D eigenvalue weighted by molar-refractivity contribution is 0.0368. The Kier molecular flexibility index (Phi) is 6.68. The third-order valence-electron chi connectivity index (χ3n) is 4.30. The average Bonchev–Trinajstić information content (AvgIpc) is 2.47. The average molecular weight is 307 g/mol. The molecule has 0 aromatic heterocycles. The van der Waals surface area contributed by atoms with Crippen molar-refractivity contribution >= 4 is 0 Å². The zero-order chi connectivity index (χ0) is 15.9. The highest BCUT2D eigenvalue weighted by Crippen LogP contribution is 2.22. The third kappa shape index (κ3) is 4.97. The van der Waals surface area contributed by atoms with Gasteiger partial charge in [-0.05, 0) is 50.3 Å². The zero-order valence-electron chi connectivity index (χ0n) is 14.0. The van der Waals surface area contributed by atoms with Crippen molar-refractivity contribution in [2.24, 2.45) is 5.92 Å². The standard InChI is InChI=1S/C18H29NO3/c1-14-6-4-7-15(2)18(14)22-13-17(20)11-19-9-5-8-16(10-19)12-21-3/h4,6-7,16-17,20H,5,8-13H2,1-3H3. The molecule has 1 aromatic rings. The van der Waals surface area contributed by atoms with Crippen molar-refractivity contribution in [3.05, 3.63) is 29.3 Å². The molecule has 0 amide bonds. The lowest BCUT2D eigenvalue weighted by Gasteiger charge is -2.33. The Hall–Kier alpha value is -1.10. The van der Waals surface area contributed by atoms with Crippen molar-refractivity contribution in [1.29, 1.82) is 0 Å². The number of aryl methyl sites for hydroxylation is 2. The summed E-state index contributed by atoms with van der Waals surface area (Å²) in [6, 6.07) is 6.10. The second-order valence-electron chi connectivity index (χ2n) is 6.41. The number of benzene rings is 1. The lowest BCUT2D eigenvalue weighted by atomic mass is 9.99. The van der Waals surface area contributed by atoms with Crippen molar-refractivity contribution in [2.75, 3.05) is 40.0 Å². The molecule has 1 aromatic carbocycles. The molecular formula is C18H29NO3. The Morgan fingerprint density at radius 1 is 1.32 bits per heavy atom. The Bertz CT molecular complexity index is 441. The summed E-state index contributed by atoms with van der Waals surface area (Å²) in [6.45, 7) is 7.96. The van der Waals surface area contributed by atoms with Gasteiger partial charge in [0.05, 0.1) is 6.61 Å². The van der Waals surface area contributed by atoms with Gasteiger partial charge in [-0.1, -0.05) is 18.2 Å². The van der Waals surface area contributed by atoms with Gasteiger partial charge in [0.15, 0.2) is 0 Å². The van der Waals surface area contributed by atoms with Gasteiger partial charge in [-0.3, -0.25) is 0 Å². The predicted molar refractivity (Wildman–Crippen MR) is 88.5 cm³/mol. The maximum atomic E-state index is 10.3. The number of methoxy groups -OCH3 is 1. The van der Waals surface area contributed by atoms with Gasteiger partial charge in [-0.15, -0.1) is 0 Å². The van der Waals surface area contributed by atoms with E-state index in [1.165, 1.54) is 12.8 Å². The predicted octanol–water partition coefficient (Wildman–Crippen LogP) is 2.40. The molecule has 1 saturated heterocycles. The molecule has 0 radical (unpaired) electrons. The van der Waals surface area contributed by atoms with E-state index in [2.05, 4.69) is 4.90 Å². The van der Waals surface area contributed by atoms with Crippen LogP contribution in [0.1, 0.15) is 24.0 Å². The van der Waals surface area contributed by atoms with Gasteiger partial charge in [-0.2, -0.15) is 0 Å². The molecule has 0 bridgehead atoms. The maximum absolute atomic E-state index is 10.3. The monoisotopic (exact) mass is 307 g/mol. The second kappa shape index (κ2) is 8.51. The van der Waals surface area contributed by atoms with Crippen LogP contribution in [0.4, 0.5) is 0 Å². The summed E-state index contributed by atoms with van der Waals surface area (Å²) in [4.78, 5) is 2.33. The summed E-state index contributed by atoms with van der Waals surface area (Å²) in [6.07, 6.45) is 1.94. The third-order valence-corrected chi connectivity index (χ3v) is 4.30. The molecule has 0 aliphatic carbocycles. The smallest absolute Gasteiger partial charge is 0.125 e. The van der Waals surface area contributed by atoms with Crippen LogP contribution in [-0.4, -0.2) is 56.1 Å². The molecular weight excluding hydrogens is 278 g/mol. The van der Waals surface area contributed by atoms with Crippen molar-refractivity contribution in [1.82, 2.24) is 4.90 Å². The number of β-amino-alcohol motifs (C(OH)–C–C–N with tert-alkyl or cyclic N) is 1. The highest BCUT2D eigenvalue weighted by Gasteiger charge is 2.22. The minimum atomic E-state index is -0.458. The molecule has 1 aliphatic heterocycles. The number of likely N-dealkylation sites (tertiary alicyclic amines) is 1. The Balaban J connectivity index is 1.79. The maximum Gasteiger partial charge on any atom is 0.125 e. The molecule has 2 atom stereocenters. The van der Waals surface area contributed by atoms with Crippen LogP contribution < -0.4 is 4.74 Å². The van der Waals surface area contributed by atoms with Crippen LogP contribution in [0.3, 0.4) is 0 Å². The molecule has 4 heteroatoms. The molecule has 124 valence electrons. The second-order valence-corrected chi connectivity index (χ2v) is 6.41. The van der Waals surface area contributed by atoms with E-state index in [1.54, 1.807) is 7.11 Å². The van der Waals surface area contributed by atoms with Crippen LogP contribution in [0, 0.1) is 19.8 Å². The summed E-state index contributed by atoms with van der Waals surface area (Å²) in [5.41, 5.74) is 2.23. The van der Waals surface area contributed by atoms with Crippen LogP contribution in [-0.2, 0) is 4.74 Å². The summed E-state index contributed by atoms with van der Waals surface area (Å²) in [5.74, 6) is 1.49. The fourth-order valence-electron chi connectivity index (χ4n) is 3.25. The molecule has 1 heterocycles. The van der Waals surface area contributed by atoms with Crippen LogP contribution in [0.2, 0.25) is 0 Å². The summed E-state index contributed by atoms with van der Waals surface area (Å²) in [5, 5.41) is 10.3. The first kappa shape index (κ1) is 17.3. The Labute approximate surface area is 134 Å². The van der Waals surface area contributed by atoms with E-state index in [4.69, 9.17) is 9.47 Å². The number of hydrogen-bond acceptors (Lipinski definition) is 4. The SMILES string of the molecule is COCC1CCCN(CC(O)COc2c(C)cccc2C)C1. The molecule has 4 nitrogen and oxygen atoms in total. The van der Waals surface area contributed by atoms with Crippen LogP contribution in [0.25, 0.3) is 0 Å². The largest absolute Gasteiger partial charge is 0.490 e. The van der Waals surface area contributed by atoms with E-state index < -0.39 is 6.10 Å².